The number of hydrogen-bond acceptors (Lipinski definition) is 1. The van der Waals surface area contributed by atoms with Crippen molar-refractivity contribution in [3.8, 4) is 0 Å². The standard InChI is InChI=1S/C9H17N/c1-6(2)9-4-3-7(9)8(10)5-9/h6-8H,3-5,10H2,1-2H3. The van der Waals surface area contributed by atoms with Gasteiger partial charge in [-0.1, -0.05) is 13.8 Å². The molecule has 2 saturated carbocycles. The normalized spacial score (nSPS) is 51.6. The maximum Gasteiger partial charge on any atom is 0.00780 e. The molecule has 0 aromatic rings. The Morgan fingerprint density at radius 3 is 2.30 bits per heavy atom. The Bertz CT molecular complexity index is 153. The van der Waals surface area contributed by atoms with Crippen molar-refractivity contribution in [3.05, 3.63) is 0 Å². The van der Waals surface area contributed by atoms with E-state index in [1.807, 2.05) is 0 Å². The third-order valence-corrected chi connectivity index (χ3v) is 3.94. The molecule has 0 heterocycles. The summed E-state index contributed by atoms with van der Waals surface area (Å²) in [4.78, 5) is 0. The lowest BCUT2D eigenvalue weighted by molar-refractivity contribution is -0.130. The summed E-state index contributed by atoms with van der Waals surface area (Å²) in [6, 6.07) is 0.552. The number of rotatable bonds is 1. The van der Waals surface area contributed by atoms with Gasteiger partial charge in [-0.05, 0) is 36.5 Å². The van der Waals surface area contributed by atoms with E-state index in [0.717, 1.165) is 11.8 Å². The van der Waals surface area contributed by atoms with Crippen LogP contribution in [0.2, 0.25) is 0 Å². The molecule has 2 N–H and O–H groups in total. The van der Waals surface area contributed by atoms with Crippen molar-refractivity contribution >= 4 is 0 Å². The largest absolute Gasteiger partial charge is 0.327 e. The first-order valence-corrected chi connectivity index (χ1v) is 4.42. The molecule has 2 fully saturated rings. The van der Waals surface area contributed by atoms with Crippen molar-refractivity contribution in [1.82, 2.24) is 0 Å². The quantitative estimate of drug-likeness (QED) is 0.588. The summed E-state index contributed by atoms with van der Waals surface area (Å²) in [6.07, 6.45) is 4.15. The maximum atomic E-state index is 5.89. The molecule has 2 aliphatic carbocycles. The highest BCUT2D eigenvalue weighted by atomic mass is 14.8. The van der Waals surface area contributed by atoms with Crippen molar-refractivity contribution in [1.29, 1.82) is 0 Å². The number of hydrogen-bond donors (Lipinski definition) is 1. The first kappa shape index (κ1) is 6.66. The Morgan fingerprint density at radius 1 is 1.50 bits per heavy atom. The molecule has 3 unspecified atom stereocenters. The van der Waals surface area contributed by atoms with E-state index in [4.69, 9.17) is 5.73 Å². The van der Waals surface area contributed by atoms with Gasteiger partial charge in [-0.2, -0.15) is 0 Å². The summed E-state index contributed by atoms with van der Waals surface area (Å²) < 4.78 is 0. The van der Waals surface area contributed by atoms with E-state index in [0.29, 0.717) is 11.5 Å². The molecule has 0 saturated heterocycles. The Hall–Kier alpha value is -0.0400. The monoisotopic (exact) mass is 139 g/mol. The zero-order valence-corrected chi connectivity index (χ0v) is 6.93. The SMILES string of the molecule is CC(C)C12CCC1C(N)C2. The second-order valence-corrected chi connectivity index (χ2v) is 4.40. The van der Waals surface area contributed by atoms with E-state index in [1.165, 1.54) is 19.3 Å². The molecule has 2 aliphatic rings. The van der Waals surface area contributed by atoms with Crippen molar-refractivity contribution < 1.29 is 0 Å². The van der Waals surface area contributed by atoms with Crippen molar-refractivity contribution in [2.75, 3.05) is 0 Å². The molecular weight excluding hydrogens is 122 g/mol. The zero-order valence-electron chi connectivity index (χ0n) is 6.93. The molecule has 0 aromatic heterocycles. The second kappa shape index (κ2) is 1.76. The smallest absolute Gasteiger partial charge is 0.00780 e. The van der Waals surface area contributed by atoms with Crippen LogP contribution >= 0.6 is 0 Å². The van der Waals surface area contributed by atoms with Gasteiger partial charge in [0.25, 0.3) is 0 Å². The molecule has 58 valence electrons. The zero-order chi connectivity index (χ0) is 7.35. The highest BCUT2D eigenvalue weighted by Crippen LogP contribution is 2.64. The summed E-state index contributed by atoms with van der Waals surface area (Å²) in [6.45, 7) is 4.69. The number of fused-ring (bicyclic) bond motifs is 1. The first-order chi connectivity index (χ1) is 4.67. The topological polar surface area (TPSA) is 26.0 Å². The molecule has 0 amide bonds. The fourth-order valence-corrected chi connectivity index (χ4v) is 2.95. The average molecular weight is 139 g/mol. The van der Waals surface area contributed by atoms with E-state index in [9.17, 15) is 0 Å². The Balaban J connectivity index is 2.07. The van der Waals surface area contributed by atoms with E-state index < -0.39 is 0 Å². The van der Waals surface area contributed by atoms with Gasteiger partial charge in [-0.3, -0.25) is 0 Å². The van der Waals surface area contributed by atoms with Crippen LogP contribution in [-0.4, -0.2) is 6.04 Å². The van der Waals surface area contributed by atoms with E-state index in [2.05, 4.69) is 13.8 Å². The molecule has 0 aromatic carbocycles. The lowest BCUT2D eigenvalue weighted by Crippen LogP contribution is -2.64. The molecular formula is C9H17N. The minimum Gasteiger partial charge on any atom is -0.327 e. The predicted molar refractivity (Wildman–Crippen MR) is 42.6 cm³/mol. The highest BCUT2D eigenvalue weighted by molar-refractivity contribution is 5.11. The van der Waals surface area contributed by atoms with Crippen LogP contribution in [0.15, 0.2) is 0 Å². The summed E-state index contributed by atoms with van der Waals surface area (Å²) in [7, 11) is 0. The third kappa shape index (κ3) is 0.531. The Labute approximate surface area is 63.0 Å². The Kier molecular flexibility index (Phi) is 1.17. The minimum atomic E-state index is 0.552. The summed E-state index contributed by atoms with van der Waals surface area (Å²) >= 11 is 0. The van der Waals surface area contributed by atoms with Crippen LogP contribution in [0.5, 0.6) is 0 Å². The Morgan fingerprint density at radius 2 is 2.20 bits per heavy atom. The van der Waals surface area contributed by atoms with Gasteiger partial charge in [0.05, 0.1) is 0 Å². The second-order valence-electron chi connectivity index (χ2n) is 4.40. The van der Waals surface area contributed by atoms with Crippen LogP contribution < -0.4 is 5.73 Å². The highest BCUT2D eigenvalue weighted by Gasteiger charge is 2.59. The van der Waals surface area contributed by atoms with Gasteiger partial charge in [0, 0.05) is 6.04 Å². The molecule has 10 heavy (non-hydrogen) atoms. The summed E-state index contributed by atoms with van der Waals surface area (Å²) in [5.74, 6) is 1.76. The van der Waals surface area contributed by atoms with Gasteiger partial charge < -0.3 is 5.73 Å². The molecule has 0 aliphatic heterocycles. The van der Waals surface area contributed by atoms with Crippen LogP contribution in [0.4, 0.5) is 0 Å². The lowest BCUT2D eigenvalue weighted by Gasteiger charge is -2.65. The summed E-state index contributed by atoms with van der Waals surface area (Å²) in [5, 5.41) is 0. The van der Waals surface area contributed by atoms with Crippen molar-refractivity contribution in [2.24, 2.45) is 23.0 Å². The van der Waals surface area contributed by atoms with Crippen molar-refractivity contribution in [3.63, 3.8) is 0 Å². The third-order valence-electron chi connectivity index (χ3n) is 3.94. The van der Waals surface area contributed by atoms with Crippen LogP contribution in [0.25, 0.3) is 0 Å². The van der Waals surface area contributed by atoms with Crippen LogP contribution in [-0.2, 0) is 0 Å². The van der Waals surface area contributed by atoms with Crippen LogP contribution in [0.3, 0.4) is 0 Å². The molecule has 3 atom stereocenters. The van der Waals surface area contributed by atoms with Gasteiger partial charge in [-0.25, -0.2) is 0 Å². The number of nitrogens with two attached hydrogens (primary N) is 1. The first-order valence-electron chi connectivity index (χ1n) is 4.42. The van der Waals surface area contributed by atoms with Gasteiger partial charge in [-0.15, -0.1) is 0 Å². The van der Waals surface area contributed by atoms with Gasteiger partial charge in [0.1, 0.15) is 0 Å². The van der Waals surface area contributed by atoms with Crippen LogP contribution in [0.1, 0.15) is 33.1 Å². The predicted octanol–water partition coefficient (Wildman–Crippen LogP) is 1.77. The fourth-order valence-electron chi connectivity index (χ4n) is 2.95. The van der Waals surface area contributed by atoms with E-state index in [-0.39, 0.29) is 0 Å². The average Bonchev–Trinajstić information content (AvgIpc) is 1.80. The fraction of sp³-hybridized carbons (Fsp3) is 1.00. The van der Waals surface area contributed by atoms with Gasteiger partial charge in [0.2, 0.25) is 0 Å². The molecule has 1 heteroatoms. The van der Waals surface area contributed by atoms with Crippen molar-refractivity contribution in [2.45, 2.75) is 39.2 Å². The lowest BCUT2D eigenvalue weighted by atomic mass is 9.42. The van der Waals surface area contributed by atoms with Gasteiger partial charge >= 0.3 is 0 Å². The summed E-state index contributed by atoms with van der Waals surface area (Å²) in [5.41, 5.74) is 6.59. The van der Waals surface area contributed by atoms with Gasteiger partial charge in [0.15, 0.2) is 0 Å². The minimum absolute atomic E-state index is 0.552. The van der Waals surface area contributed by atoms with E-state index in [1.54, 1.807) is 0 Å². The molecule has 0 bridgehead atoms. The molecule has 0 spiro atoms. The van der Waals surface area contributed by atoms with E-state index >= 15 is 0 Å². The molecule has 0 radical (unpaired) electrons. The van der Waals surface area contributed by atoms with Crippen LogP contribution in [0, 0.1) is 17.3 Å². The molecule has 1 nitrogen and oxygen atoms in total. The maximum absolute atomic E-state index is 5.89. The molecule has 2 rings (SSSR count).